The van der Waals surface area contributed by atoms with Gasteiger partial charge in [0, 0.05) is 68.8 Å². The lowest BCUT2D eigenvalue weighted by Gasteiger charge is -2.64. The zero-order valence-corrected chi connectivity index (χ0v) is 37.0. The number of sulfonamides is 1. The molecule has 3 saturated carbocycles. The van der Waals surface area contributed by atoms with E-state index in [4.69, 9.17) is 9.47 Å². The number of hydrogen-bond acceptors (Lipinski definition) is 8. The number of aryl methyl sites for hydroxylation is 2. The Balaban J connectivity index is 0.972. The molecule has 5 fully saturated rings. The molecule has 4 aromatic carbocycles. The molecule has 2 bridgehead atoms. The molecule has 2 heterocycles. The normalized spacial score (nSPS) is 22.8. The molecule has 2 N–H and O–H groups in total. The molecular formula is C50H62N4O6S. The predicted molar refractivity (Wildman–Crippen MR) is 241 cm³/mol. The van der Waals surface area contributed by atoms with Crippen LogP contribution in [0.1, 0.15) is 87.2 Å². The number of nitrogens with one attached hydrogen (secondary N) is 2. The summed E-state index contributed by atoms with van der Waals surface area (Å²) < 4.78 is 41.4. The van der Waals surface area contributed by atoms with Crippen LogP contribution < -0.4 is 19.7 Å². The lowest BCUT2D eigenvalue weighted by Crippen LogP contribution is -2.64. The van der Waals surface area contributed by atoms with Crippen molar-refractivity contribution >= 4 is 33.2 Å². The van der Waals surface area contributed by atoms with Crippen molar-refractivity contribution in [2.75, 3.05) is 43.1 Å². The van der Waals surface area contributed by atoms with Crippen molar-refractivity contribution in [3.63, 3.8) is 0 Å². The maximum Gasteiger partial charge on any atom is 0.268 e. The van der Waals surface area contributed by atoms with Gasteiger partial charge in [0.2, 0.25) is 5.91 Å². The average molecular weight is 847 g/mol. The third-order valence-electron chi connectivity index (χ3n) is 14.5. The number of carbonyl (C=O) groups is 2. The highest BCUT2D eigenvalue weighted by atomic mass is 32.2. The summed E-state index contributed by atoms with van der Waals surface area (Å²) in [6, 6.07) is 30.1. The van der Waals surface area contributed by atoms with Gasteiger partial charge in [0.25, 0.3) is 15.9 Å². The topological polar surface area (TPSA) is 117 Å². The molecule has 4 aromatic rings. The summed E-state index contributed by atoms with van der Waals surface area (Å²) in [6.07, 6.45) is 7.23. The first kappa shape index (κ1) is 42.8. The van der Waals surface area contributed by atoms with Crippen LogP contribution in [0.4, 0.5) is 11.4 Å². The van der Waals surface area contributed by atoms with E-state index in [9.17, 15) is 18.0 Å². The molecule has 0 aromatic heterocycles. The van der Waals surface area contributed by atoms with Crippen molar-refractivity contribution in [1.29, 1.82) is 0 Å². The minimum Gasteiger partial charge on any atom is -0.456 e. The third-order valence-corrected chi connectivity index (χ3v) is 15.8. The number of ether oxygens (including phenoxy) is 2. The number of hydrogen-bond donors (Lipinski definition) is 2. The van der Waals surface area contributed by atoms with Gasteiger partial charge in [-0.3, -0.25) is 9.59 Å². The van der Waals surface area contributed by atoms with Gasteiger partial charge in [-0.15, -0.1) is 0 Å². The Morgan fingerprint density at radius 1 is 0.885 bits per heavy atom. The molecule has 10 nitrogen and oxygen atoms in total. The summed E-state index contributed by atoms with van der Waals surface area (Å²) >= 11 is 0. The van der Waals surface area contributed by atoms with Gasteiger partial charge in [-0.2, -0.15) is 0 Å². The molecule has 9 rings (SSSR count). The highest BCUT2D eigenvalue weighted by molar-refractivity contribution is 7.90. The summed E-state index contributed by atoms with van der Waals surface area (Å²) in [5.41, 5.74) is 4.14. The molecule has 61 heavy (non-hydrogen) atoms. The Labute approximate surface area is 362 Å². The number of fused-ring (bicyclic) bond motifs is 2. The van der Waals surface area contributed by atoms with Gasteiger partial charge >= 0.3 is 0 Å². The van der Waals surface area contributed by atoms with Crippen molar-refractivity contribution in [2.45, 2.75) is 96.0 Å². The van der Waals surface area contributed by atoms with Crippen molar-refractivity contribution in [3.8, 4) is 11.5 Å². The number of anilines is 2. The Bertz CT molecular complexity index is 2270. The predicted octanol–water partition coefficient (Wildman–Crippen LogP) is 9.25. The van der Waals surface area contributed by atoms with E-state index in [2.05, 4.69) is 52.7 Å². The largest absolute Gasteiger partial charge is 0.456 e. The smallest absolute Gasteiger partial charge is 0.268 e. The Kier molecular flexibility index (Phi) is 12.8. The average Bonchev–Trinajstić information content (AvgIpc) is 3.26. The van der Waals surface area contributed by atoms with Crippen LogP contribution in [0.25, 0.3) is 0 Å². The molecule has 5 aliphatic rings. The van der Waals surface area contributed by atoms with Crippen molar-refractivity contribution in [2.24, 2.45) is 29.1 Å². The van der Waals surface area contributed by atoms with Crippen molar-refractivity contribution < 1.29 is 27.5 Å². The fourth-order valence-electron chi connectivity index (χ4n) is 10.6. The van der Waals surface area contributed by atoms with E-state index in [1.807, 2.05) is 55.5 Å². The van der Waals surface area contributed by atoms with Gasteiger partial charge < -0.3 is 24.6 Å². The number of para-hydroxylation sites is 1. The molecule has 0 radical (unpaired) electrons. The number of carbonyl (C=O) groups excluding carboxylic acids is 2. The maximum absolute atomic E-state index is 14.3. The quantitative estimate of drug-likeness (QED) is 0.129. The van der Waals surface area contributed by atoms with E-state index in [0.29, 0.717) is 41.3 Å². The molecule has 2 aliphatic heterocycles. The summed E-state index contributed by atoms with van der Waals surface area (Å²) in [7, 11) is -4.21. The van der Waals surface area contributed by atoms with E-state index in [1.54, 1.807) is 30.3 Å². The Hall–Kier alpha value is -4.87. The first-order chi connectivity index (χ1) is 29.4. The minimum atomic E-state index is -4.21. The first-order valence-corrected chi connectivity index (χ1v) is 23.8. The van der Waals surface area contributed by atoms with E-state index >= 15 is 0 Å². The van der Waals surface area contributed by atoms with Crippen LogP contribution in [0.5, 0.6) is 11.5 Å². The van der Waals surface area contributed by atoms with Crippen molar-refractivity contribution in [1.82, 2.24) is 9.62 Å². The van der Waals surface area contributed by atoms with E-state index in [-0.39, 0.29) is 34.2 Å². The van der Waals surface area contributed by atoms with E-state index in [1.165, 1.54) is 18.1 Å². The highest BCUT2D eigenvalue weighted by Gasteiger charge is 2.58. The van der Waals surface area contributed by atoms with Crippen LogP contribution in [0, 0.1) is 36.0 Å². The number of piperidine rings is 1. The zero-order chi connectivity index (χ0) is 42.7. The highest BCUT2D eigenvalue weighted by Crippen LogP contribution is 2.62. The molecular weight excluding hydrogens is 785 g/mol. The molecule has 3 aliphatic carbocycles. The summed E-state index contributed by atoms with van der Waals surface area (Å²) in [4.78, 5) is 32.8. The van der Waals surface area contributed by atoms with Crippen LogP contribution in [0.2, 0.25) is 0 Å². The second-order valence-electron chi connectivity index (χ2n) is 18.5. The van der Waals surface area contributed by atoms with Gasteiger partial charge in [0.1, 0.15) is 11.5 Å². The standard InChI is InChI=1S/C50H62N4O6S/c1-34-29-42(17-19-45(34)51-33-37-23-27-59-28-24-37)61(57,58)52-49(56)43-18-16-40(32-47(43)60-41-13-9-6-10-14-41)53-25-21-39(22-26-53)54(48(55)20-15-36-11-7-5-8-12-36)46-31-38-30-44(35(46)2)50(38,3)4/h5-14,16-19,29,32,35,37-39,44,46,51H,15,20-28,30-31,33H2,1-4H3,(H,52,56)/t35-,38+,44-,46-/m0/s1. The lowest BCUT2D eigenvalue weighted by atomic mass is 9.44. The zero-order valence-electron chi connectivity index (χ0n) is 36.1. The fourth-order valence-corrected chi connectivity index (χ4v) is 11.7. The minimum absolute atomic E-state index is 0.0101. The molecule has 11 heteroatoms. The van der Waals surface area contributed by atoms with Crippen LogP contribution >= 0.6 is 0 Å². The summed E-state index contributed by atoms with van der Waals surface area (Å²) in [5, 5.41) is 3.46. The van der Waals surface area contributed by atoms with E-state index in [0.717, 1.165) is 88.3 Å². The number of benzene rings is 4. The van der Waals surface area contributed by atoms with Gasteiger partial charge in [-0.1, -0.05) is 69.3 Å². The van der Waals surface area contributed by atoms with Gasteiger partial charge in [0.05, 0.1) is 10.5 Å². The molecule has 0 unspecified atom stereocenters. The van der Waals surface area contributed by atoms with E-state index < -0.39 is 15.9 Å². The fraction of sp³-hybridized carbons (Fsp3) is 0.480. The van der Waals surface area contributed by atoms with Gasteiger partial charge in [-0.25, -0.2) is 13.1 Å². The Morgan fingerprint density at radius 2 is 1.59 bits per heavy atom. The summed E-state index contributed by atoms with van der Waals surface area (Å²) in [5.74, 6) is 2.52. The molecule has 4 atom stereocenters. The monoisotopic (exact) mass is 846 g/mol. The molecule has 324 valence electrons. The molecule has 2 amide bonds. The number of nitrogens with zero attached hydrogens (tertiary/aromatic N) is 2. The molecule has 2 saturated heterocycles. The first-order valence-electron chi connectivity index (χ1n) is 22.3. The second kappa shape index (κ2) is 18.2. The van der Waals surface area contributed by atoms with Crippen LogP contribution in [0.3, 0.4) is 0 Å². The van der Waals surface area contributed by atoms with Crippen LogP contribution in [0.15, 0.2) is 102 Å². The van der Waals surface area contributed by atoms with Crippen LogP contribution in [-0.2, 0) is 26.0 Å². The second-order valence-corrected chi connectivity index (χ2v) is 20.2. The van der Waals surface area contributed by atoms with Crippen LogP contribution in [-0.4, -0.2) is 70.1 Å². The van der Waals surface area contributed by atoms with Crippen molar-refractivity contribution in [3.05, 3.63) is 114 Å². The van der Waals surface area contributed by atoms with Gasteiger partial charge in [0.15, 0.2) is 0 Å². The maximum atomic E-state index is 14.3. The Morgan fingerprint density at radius 3 is 2.26 bits per heavy atom. The summed E-state index contributed by atoms with van der Waals surface area (Å²) in [6.45, 7) is 12.8. The lowest BCUT2D eigenvalue weighted by molar-refractivity contribution is -0.164. The van der Waals surface area contributed by atoms with Gasteiger partial charge in [-0.05, 0) is 135 Å². The third kappa shape index (κ3) is 9.48. The molecule has 0 spiro atoms. The number of rotatable bonds is 14. The SMILES string of the molecule is Cc1cc(S(=O)(=O)NC(=O)c2ccc(N3CCC(N(C(=O)CCc4ccccc4)[C@H]4C[C@H]5C[C@@H]([C@@H]4C)C5(C)C)CC3)cc2Oc2ccccc2)ccc1NCC1CCOCC1. The number of amides is 2.